The molecule has 1 spiro atoms. The third-order valence-corrected chi connectivity index (χ3v) is 5.31. The van der Waals surface area contributed by atoms with Gasteiger partial charge in [0.2, 0.25) is 0 Å². The van der Waals surface area contributed by atoms with Gasteiger partial charge in [-0.15, -0.1) is 5.10 Å². The molecule has 6 heteroatoms. The third-order valence-electron chi connectivity index (χ3n) is 5.31. The maximum atomic E-state index is 6.31. The van der Waals surface area contributed by atoms with Crippen molar-refractivity contribution in [2.75, 3.05) is 25.0 Å². The van der Waals surface area contributed by atoms with Gasteiger partial charge in [-0.25, -0.2) is 0 Å². The molecule has 0 aliphatic carbocycles. The minimum Gasteiger partial charge on any atom is -0.371 e. The topological polar surface area (TPSA) is 63.2 Å². The van der Waals surface area contributed by atoms with Gasteiger partial charge in [-0.2, -0.15) is 5.10 Å². The van der Waals surface area contributed by atoms with Gasteiger partial charge in [0, 0.05) is 25.2 Å². The van der Waals surface area contributed by atoms with Crippen molar-refractivity contribution in [2.45, 2.75) is 51.3 Å². The zero-order chi connectivity index (χ0) is 18.0. The standard InChI is InChI=1S/C20H27N5O/c1-15-5-3-6-17(21-15)12-25-10-4-9-20(14-25)11-18(13-26-20)22-19-8-7-16(2)23-24-19/h3,5-8,18H,4,9-14H2,1-2H3,(H,22,24)/t18-,20+/m0/s1. The average Bonchev–Trinajstić information content (AvgIpc) is 2.99. The summed E-state index contributed by atoms with van der Waals surface area (Å²) >= 11 is 0. The van der Waals surface area contributed by atoms with E-state index < -0.39 is 0 Å². The highest BCUT2D eigenvalue weighted by molar-refractivity contribution is 5.34. The summed E-state index contributed by atoms with van der Waals surface area (Å²) in [5.74, 6) is 0.831. The monoisotopic (exact) mass is 353 g/mol. The number of ether oxygens (including phenoxy) is 1. The van der Waals surface area contributed by atoms with Gasteiger partial charge in [0.25, 0.3) is 0 Å². The van der Waals surface area contributed by atoms with Crippen LogP contribution in [0.1, 0.15) is 36.3 Å². The summed E-state index contributed by atoms with van der Waals surface area (Å²) in [6.45, 7) is 7.71. The van der Waals surface area contributed by atoms with Crippen LogP contribution in [0.25, 0.3) is 0 Å². The zero-order valence-corrected chi connectivity index (χ0v) is 15.6. The number of aromatic nitrogens is 3. The van der Waals surface area contributed by atoms with Gasteiger partial charge in [0.05, 0.1) is 29.6 Å². The van der Waals surface area contributed by atoms with Crippen molar-refractivity contribution in [3.05, 3.63) is 47.4 Å². The molecule has 2 aliphatic heterocycles. The van der Waals surface area contributed by atoms with E-state index in [9.17, 15) is 0 Å². The lowest BCUT2D eigenvalue weighted by atomic mass is 9.88. The number of aryl methyl sites for hydroxylation is 2. The van der Waals surface area contributed by atoms with Crippen molar-refractivity contribution in [3.63, 3.8) is 0 Å². The molecule has 2 fully saturated rings. The molecule has 0 unspecified atom stereocenters. The first-order valence-corrected chi connectivity index (χ1v) is 9.46. The molecule has 0 saturated carbocycles. The van der Waals surface area contributed by atoms with Gasteiger partial charge in [-0.05, 0) is 57.5 Å². The van der Waals surface area contributed by atoms with E-state index in [1.165, 1.54) is 6.42 Å². The van der Waals surface area contributed by atoms with Crippen molar-refractivity contribution in [2.24, 2.45) is 0 Å². The third kappa shape index (κ3) is 4.02. The van der Waals surface area contributed by atoms with Crippen LogP contribution in [0.15, 0.2) is 30.3 Å². The van der Waals surface area contributed by atoms with Crippen LogP contribution in [-0.2, 0) is 11.3 Å². The molecule has 4 heterocycles. The van der Waals surface area contributed by atoms with Crippen LogP contribution in [0.5, 0.6) is 0 Å². The summed E-state index contributed by atoms with van der Waals surface area (Å²) in [5.41, 5.74) is 3.11. The zero-order valence-electron chi connectivity index (χ0n) is 15.6. The lowest BCUT2D eigenvalue weighted by Gasteiger charge is -2.39. The Labute approximate surface area is 155 Å². The molecule has 26 heavy (non-hydrogen) atoms. The predicted octanol–water partition coefficient (Wildman–Crippen LogP) is 2.72. The van der Waals surface area contributed by atoms with Crippen molar-refractivity contribution in [3.8, 4) is 0 Å². The van der Waals surface area contributed by atoms with Crippen LogP contribution in [0.3, 0.4) is 0 Å². The highest BCUT2D eigenvalue weighted by Gasteiger charge is 2.43. The van der Waals surface area contributed by atoms with Crippen LogP contribution in [0.4, 0.5) is 5.82 Å². The van der Waals surface area contributed by atoms with Gasteiger partial charge in [-0.1, -0.05) is 6.07 Å². The first kappa shape index (κ1) is 17.4. The Morgan fingerprint density at radius 3 is 2.92 bits per heavy atom. The van der Waals surface area contributed by atoms with E-state index in [0.29, 0.717) is 6.04 Å². The van der Waals surface area contributed by atoms with Gasteiger partial charge >= 0.3 is 0 Å². The number of nitrogens with one attached hydrogen (secondary N) is 1. The number of hydrogen-bond acceptors (Lipinski definition) is 6. The predicted molar refractivity (Wildman–Crippen MR) is 101 cm³/mol. The summed E-state index contributed by atoms with van der Waals surface area (Å²) in [6.07, 6.45) is 3.31. The fourth-order valence-corrected chi connectivity index (χ4v) is 4.15. The Hall–Kier alpha value is -2.05. The van der Waals surface area contributed by atoms with Crippen LogP contribution in [-0.4, -0.2) is 51.4 Å². The lowest BCUT2D eigenvalue weighted by molar-refractivity contribution is -0.0535. The Kier molecular flexibility index (Phi) is 4.87. The Morgan fingerprint density at radius 1 is 1.19 bits per heavy atom. The number of anilines is 1. The average molecular weight is 353 g/mol. The Bertz CT molecular complexity index is 750. The van der Waals surface area contributed by atoms with E-state index in [2.05, 4.69) is 37.5 Å². The summed E-state index contributed by atoms with van der Waals surface area (Å²) in [7, 11) is 0. The molecule has 1 N–H and O–H groups in total. The van der Waals surface area contributed by atoms with E-state index in [1.54, 1.807) is 0 Å². The Morgan fingerprint density at radius 2 is 2.12 bits per heavy atom. The molecule has 4 rings (SSSR count). The Balaban J connectivity index is 1.37. The quantitative estimate of drug-likeness (QED) is 0.912. The molecule has 2 saturated heterocycles. The maximum absolute atomic E-state index is 6.31. The second-order valence-electron chi connectivity index (χ2n) is 7.68. The SMILES string of the molecule is Cc1ccc(N[C@@H]2CO[C@]3(CCCN(Cc4cccc(C)n4)C3)C2)nn1. The van der Waals surface area contributed by atoms with E-state index >= 15 is 0 Å². The first-order valence-electron chi connectivity index (χ1n) is 9.46. The summed E-state index contributed by atoms with van der Waals surface area (Å²) < 4.78 is 6.31. The van der Waals surface area contributed by atoms with Gasteiger partial charge in [-0.3, -0.25) is 9.88 Å². The molecule has 0 bridgehead atoms. The van der Waals surface area contributed by atoms with Crippen molar-refractivity contribution < 1.29 is 4.74 Å². The van der Waals surface area contributed by atoms with E-state index in [-0.39, 0.29) is 5.60 Å². The molecule has 6 nitrogen and oxygen atoms in total. The van der Waals surface area contributed by atoms with E-state index in [1.807, 2.05) is 32.0 Å². The largest absolute Gasteiger partial charge is 0.371 e. The second kappa shape index (κ2) is 7.29. The highest BCUT2D eigenvalue weighted by Crippen LogP contribution is 2.36. The minimum atomic E-state index is -0.0438. The number of nitrogens with zero attached hydrogens (tertiary/aromatic N) is 4. The first-order chi connectivity index (χ1) is 12.6. The second-order valence-corrected chi connectivity index (χ2v) is 7.68. The molecule has 2 aromatic heterocycles. The normalized spacial score (nSPS) is 26.3. The van der Waals surface area contributed by atoms with Crippen molar-refractivity contribution in [1.29, 1.82) is 0 Å². The molecule has 2 aromatic rings. The summed E-state index contributed by atoms with van der Waals surface area (Å²) in [5, 5.41) is 11.8. The fraction of sp³-hybridized carbons (Fsp3) is 0.550. The highest BCUT2D eigenvalue weighted by atomic mass is 16.5. The number of rotatable bonds is 4. The van der Waals surface area contributed by atoms with Crippen LogP contribution < -0.4 is 5.32 Å². The number of likely N-dealkylation sites (tertiary alicyclic amines) is 1. The van der Waals surface area contributed by atoms with Gasteiger partial charge < -0.3 is 10.1 Å². The lowest BCUT2D eigenvalue weighted by Crippen LogP contribution is -2.47. The van der Waals surface area contributed by atoms with Crippen LogP contribution in [0.2, 0.25) is 0 Å². The number of pyridine rings is 1. The molecular weight excluding hydrogens is 326 g/mol. The number of piperidine rings is 1. The summed E-state index contributed by atoms with van der Waals surface area (Å²) in [4.78, 5) is 7.14. The molecule has 0 radical (unpaired) electrons. The summed E-state index contributed by atoms with van der Waals surface area (Å²) in [6, 6.07) is 10.5. The molecule has 0 amide bonds. The fourth-order valence-electron chi connectivity index (χ4n) is 4.15. The van der Waals surface area contributed by atoms with Crippen molar-refractivity contribution >= 4 is 5.82 Å². The smallest absolute Gasteiger partial charge is 0.148 e. The van der Waals surface area contributed by atoms with E-state index in [4.69, 9.17) is 4.74 Å². The molecule has 2 atom stereocenters. The molecular formula is C20H27N5O. The number of hydrogen-bond donors (Lipinski definition) is 1. The minimum absolute atomic E-state index is 0.0438. The van der Waals surface area contributed by atoms with Gasteiger partial charge in [0.1, 0.15) is 5.82 Å². The van der Waals surface area contributed by atoms with Crippen LogP contribution >= 0.6 is 0 Å². The maximum Gasteiger partial charge on any atom is 0.148 e. The van der Waals surface area contributed by atoms with Crippen molar-refractivity contribution in [1.82, 2.24) is 20.1 Å². The molecule has 138 valence electrons. The van der Waals surface area contributed by atoms with E-state index in [0.717, 1.165) is 62.0 Å². The van der Waals surface area contributed by atoms with Crippen LogP contribution in [0, 0.1) is 13.8 Å². The molecule has 0 aromatic carbocycles. The molecule has 2 aliphatic rings. The van der Waals surface area contributed by atoms with Gasteiger partial charge in [0.15, 0.2) is 0 Å².